The molecule has 0 atom stereocenters. The Hall–Kier alpha value is -1.81. The Morgan fingerprint density at radius 3 is 3.00 bits per heavy atom. The second-order valence-electron chi connectivity index (χ2n) is 5.40. The maximum atomic E-state index is 12.2. The first-order valence-electron chi connectivity index (χ1n) is 7.24. The third kappa shape index (κ3) is 3.10. The average molecular weight is 304 g/mol. The van der Waals surface area contributed by atoms with Crippen LogP contribution < -0.4 is 5.32 Å². The molecule has 2 aromatic rings. The summed E-state index contributed by atoms with van der Waals surface area (Å²) in [5.74, 6) is 0.870. The van der Waals surface area contributed by atoms with Crippen molar-refractivity contribution in [2.75, 3.05) is 5.32 Å². The largest absolute Gasteiger partial charge is 0.324 e. The SMILES string of the molecule is Cc1nc2c(n1CC(=O)Nc1cccc(Cl)c1)CCCC2. The number of amides is 1. The Balaban J connectivity index is 1.74. The van der Waals surface area contributed by atoms with Gasteiger partial charge in [-0.05, 0) is 50.8 Å². The number of carbonyl (C=O) groups excluding carboxylic acids is 1. The summed E-state index contributed by atoms with van der Waals surface area (Å²) < 4.78 is 2.04. The smallest absolute Gasteiger partial charge is 0.244 e. The molecule has 110 valence electrons. The second kappa shape index (κ2) is 5.90. The van der Waals surface area contributed by atoms with Crippen molar-refractivity contribution in [2.24, 2.45) is 0 Å². The number of anilines is 1. The van der Waals surface area contributed by atoms with Gasteiger partial charge in [0.25, 0.3) is 0 Å². The summed E-state index contributed by atoms with van der Waals surface area (Å²) in [6.45, 7) is 2.27. The van der Waals surface area contributed by atoms with E-state index in [9.17, 15) is 4.79 Å². The molecule has 0 aliphatic heterocycles. The Morgan fingerprint density at radius 2 is 2.19 bits per heavy atom. The van der Waals surface area contributed by atoms with Crippen LogP contribution in [-0.2, 0) is 24.2 Å². The van der Waals surface area contributed by atoms with Crippen molar-refractivity contribution in [3.05, 3.63) is 46.5 Å². The zero-order chi connectivity index (χ0) is 14.8. The second-order valence-corrected chi connectivity index (χ2v) is 5.84. The van der Waals surface area contributed by atoms with Crippen LogP contribution in [0.15, 0.2) is 24.3 Å². The van der Waals surface area contributed by atoms with Crippen LogP contribution in [0.2, 0.25) is 5.02 Å². The van der Waals surface area contributed by atoms with Gasteiger partial charge in [-0.15, -0.1) is 0 Å². The summed E-state index contributed by atoms with van der Waals surface area (Å²) in [6, 6.07) is 7.19. The number of nitrogens with one attached hydrogen (secondary N) is 1. The summed E-state index contributed by atoms with van der Waals surface area (Å²) in [6.07, 6.45) is 4.41. The lowest BCUT2D eigenvalue weighted by atomic mass is 10.0. The van der Waals surface area contributed by atoms with Crippen molar-refractivity contribution < 1.29 is 4.79 Å². The van der Waals surface area contributed by atoms with Gasteiger partial charge in [-0.3, -0.25) is 4.79 Å². The minimum absolute atomic E-state index is 0.0499. The standard InChI is InChI=1S/C16H18ClN3O/c1-11-18-14-7-2-3-8-15(14)20(11)10-16(21)19-13-6-4-5-12(17)9-13/h4-6,9H,2-3,7-8,10H2,1H3,(H,19,21). The van der Waals surface area contributed by atoms with Gasteiger partial charge in [-0.25, -0.2) is 4.98 Å². The van der Waals surface area contributed by atoms with E-state index in [2.05, 4.69) is 10.3 Å². The Bertz CT molecular complexity index is 678. The highest BCUT2D eigenvalue weighted by Gasteiger charge is 2.19. The molecule has 3 rings (SSSR count). The number of fused-ring (bicyclic) bond motifs is 1. The first-order chi connectivity index (χ1) is 10.1. The molecule has 4 nitrogen and oxygen atoms in total. The third-order valence-electron chi connectivity index (χ3n) is 3.83. The fourth-order valence-corrected chi connectivity index (χ4v) is 3.05. The van der Waals surface area contributed by atoms with Gasteiger partial charge in [0.15, 0.2) is 0 Å². The minimum Gasteiger partial charge on any atom is -0.324 e. The lowest BCUT2D eigenvalue weighted by Crippen LogP contribution is -2.21. The van der Waals surface area contributed by atoms with E-state index in [-0.39, 0.29) is 5.91 Å². The fraction of sp³-hybridized carbons (Fsp3) is 0.375. The summed E-state index contributed by atoms with van der Waals surface area (Å²) >= 11 is 5.92. The van der Waals surface area contributed by atoms with Gasteiger partial charge < -0.3 is 9.88 Å². The molecule has 0 saturated heterocycles. The molecule has 1 amide bonds. The molecule has 0 unspecified atom stereocenters. The summed E-state index contributed by atoms with van der Waals surface area (Å²) in [7, 11) is 0. The van der Waals surface area contributed by atoms with E-state index < -0.39 is 0 Å². The molecule has 1 aromatic heterocycles. The summed E-state index contributed by atoms with van der Waals surface area (Å²) in [5, 5.41) is 3.50. The molecular formula is C16H18ClN3O. The van der Waals surface area contributed by atoms with E-state index in [0.29, 0.717) is 11.6 Å². The van der Waals surface area contributed by atoms with E-state index in [4.69, 9.17) is 11.6 Å². The number of aromatic nitrogens is 2. The molecule has 1 N–H and O–H groups in total. The van der Waals surface area contributed by atoms with Gasteiger partial charge in [-0.2, -0.15) is 0 Å². The van der Waals surface area contributed by atoms with Gasteiger partial charge in [0.05, 0.1) is 5.69 Å². The molecule has 0 spiro atoms. The zero-order valence-corrected chi connectivity index (χ0v) is 12.8. The van der Waals surface area contributed by atoms with Crippen LogP contribution in [0.3, 0.4) is 0 Å². The van der Waals surface area contributed by atoms with E-state index in [0.717, 1.165) is 30.0 Å². The summed E-state index contributed by atoms with van der Waals surface area (Å²) in [5.41, 5.74) is 3.11. The lowest BCUT2D eigenvalue weighted by Gasteiger charge is -2.14. The zero-order valence-electron chi connectivity index (χ0n) is 12.0. The van der Waals surface area contributed by atoms with Crippen LogP contribution in [0.1, 0.15) is 30.1 Å². The van der Waals surface area contributed by atoms with Gasteiger partial charge in [0.2, 0.25) is 5.91 Å². The van der Waals surface area contributed by atoms with Gasteiger partial charge >= 0.3 is 0 Å². The molecule has 21 heavy (non-hydrogen) atoms. The highest BCUT2D eigenvalue weighted by Crippen LogP contribution is 2.22. The summed E-state index contributed by atoms with van der Waals surface area (Å²) in [4.78, 5) is 16.8. The van der Waals surface area contributed by atoms with Gasteiger partial charge in [0.1, 0.15) is 12.4 Å². The molecule has 0 saturated carbocycles. The predicted molar refractivity (Wildman–Crippen MR) is 83.7 cm³/mol. The molecule has 0 fully saturated rings. The van der Waals surface area contributed by atoms with Crippen LogP contribution in [0, 0.1) is 6.92 Å². The van der Waals surface area contributed by atoms with E-state index in [1.165, 1.54) is 18.5 Å². The Morgan fingerprint density at radius 1 is 1.38 bits per heavy atom. The fourth-order valence-electron chi connectivity index (χ4n) is 2.86. The Kier molecular flexibility index (Phi) is 3.97. The quantitative estimate of drug-likeness (QED) is 0.945. The number of halogens is 1. The van der Waals surface area contributed by atoms with Crippen LogP contribution >= 0.6 is 11.6 Å². The molecule has 1 aliphatic rings. The first kappa shape index (κ1) is 14.1. The number of rotatable bonds is 3. The van der Waals surface area contributed by atoms with Crippen molar-refractivity contribution in [1.82, 2.24) is 9.55 Å². The number of hydrogen-bond donors (Lipinski definition) is 1. The van der Waals surface area contributed by atoms with E-state index in [1.54, 1.807) is 12.1 Å². The van der Waals surface area contributed by atoms with Crippen molar-refractivity contribution in [2.45, 2.75) is 39.2 Å². The average Bonchev–Trinajstić information content (AvgIpc) is 2.75. The first-order valence-corrected chi connectivity index (χ1v) is 7.61. The van der Waals surface area contributed by atoms with E-state index in [1.807, 2.05) is 23.6 Å². The lowest BCUT2D eigenvalue weighted by molar-refractivity contribution is -0.116. The number of carbonyl (C=O) groups is 1. The highest BCUT2D eigenvalue weighted by molar-refractivity contribution is 6.30. The van der Waals surface area contributed by atoms with Gasteiger partial charge in [0, 0.05) is 16.4 Å². The molecule has 1 aromatic carbocycles. The molecule has 0 bridgehead atoms. The Labute approximate surface area is 129 Å². The normalized spacial score (nSPS) is 13.8. The third-order valence-corrected chi connectivity index (χ3v) is 4.07. The number of nitrogens with zero attached hydrogens (tertiary/aromatic N) is 2. The molecule has 5 heteroatoms. The number of hydrogen-bond acceptors (Lipinski definition) is 2. The number of imidazole rings is 1. The van der Waals surface area contributed by atoms with Crippen LogP contribution in [0.25, 0.3) is 0 Å². The molecule has 1 heterocycles. The van der Waals surface area contributed by atoms with Crippen molar-refractivity contribution in [3.63, 3.8) is 0 Å². The van der Waals surface area contributed by atoms with Crippen molar-refractivity contribution in [1.29, 1.82) is 0 Å². The van der Waals surface area contributed by atoms with Crippen LogP contribution in [0.5, 0.6) is 0 Å². The highest BCUT2D eigenvalue weighted by atomic mass is 35.5. The molecular weight excluding hydrogens is 286 g/mol. The van der Waals surface area contributed by atoms with Crippen molar-refractivity contribution in [3.8, 4) is 0 Å². The van der Waals surface area contributed by atoms with Gasteiger partial charge in [-0.1, -0.05) is 17.7 Å². The minimum atomic E-state index is -0.0499. The molecule has 0 radical (unpaired) electrons. The van der Waals surface area contributed by atoms with Crippen LogP contribution in [0.4, 0.5) is 5.69 Å². The van der Waals surface area contributed by atoms with Crippen molar-refractivity contribution >= 4 is 23.2 Å². The maximum absolute atomic E-state index is 12.2. The molecule has 1 aliphatic carbocycles. The topological polar surface area (TPSA) is 46.9 Å². The monoisotopic (exact) mass is 303 g/mol. The number of aryl methyl sites for hydroxylation is 2. The van der Waals surface area contributed by atoms with Crippen LogP contribution in [-0.4, -0.2) is 15.5 Å². The predicted octanol–water partition coefficient (Wildman–Crippen LogP) is 3.36. The number of benzene rings is 1. The maximum Gasteiger partial charge on any atom is 0.244 e. The van der Waals surface area contributed by atoms with E-state index >= 15 is 0 Å².